The van der Waals surface area contributed by atoms with Gasteiger partial charge in [0.2, 0.25) is 10.0 Å². The predicted molar refractivity (Wildman–Crippen MR) is 125 cm³/mol. The summed E-state index contributed by atoms with van der Waals surface area (Å²) in [6, 6.07) is 15.0. The van der Waals surface area contributed by atoms with Gasteiger partial charge in [-0.3, -0.25) is 4.79 Å². The molecule has 172 valence electrons. The minimum Gasteiger partial charge on any atom is -0.486 e. The molecule has 0 saturated heterocycles. The number of benzene rings is 2. The lowest BCUT2D eigenvalue weighted by molar-refractivity contribution is 0.0786. The Labute approximate surface area is 197 Å². The standard InChI is InChI=1S/C24H24N2O5S2/c1-25(15-17-6-7-20-21(14-17)31-12-11-30-20)24(27)23-22(9-13-32-23)33(28,29)26-10-8-18-4-2-3-5-19(18)16-26/h2-7,9,13-14H,8,10-12,15-16H2,1H3. The van der Waals surface area contributed by atoms with Crippen LogP contribution in [0.5, 0.6) is 11.5 Å². The molecular formula is C24H24N2O5S2. The highest BCUT2D eigenvalue weighted by molar-refractivity contribution is 7.89. The summed E-state index contributed by atoms with van der Waals surface area (Å²) >= 11 is 1.15. The maximum Gasteiger partial charge on any atom is 0.265 e. The second kappa shape index (κ2) is 8.81. The first-order valence-corrected chi connectivity index (χ1v) is 13.0. The molecule has 1 aromatic heterocycles. The zero-order valence-electron chi connectivity index (χ0n) is 18.2. The van der Waals surface area contributed by atoms with Crippen LogP contribution in [0, 0.1) is 0 Å². The molecule has 9 heteroatoms. The van der Waals surface area contributed by atoms with Crippen molar-refractivity contribution in [3.05, 3.63) is 75.5 Å². The second-order valence-electron chi connectivity index (χ2n) is 8.11. The number of rotatable bonds is 5. The van der Waals surface area contributed by atoms with Gasteiger partial charge >= 0.3 is 0 Å². The molecule has 0 saturated carbocycles. The van der Waals surface area contributed by atoms with Gasteiger partial charge in [0, 0.05) is 26.7 Å². The van der Waals surface area contributed by atoms with Crippen molar-refractivity contribution in [2.75, 3.05) is 26.8 Å². The number of hydrogen-bond donors (Lipinski definition) is 0. The second-order valence-corrected chi connectivity index (χ2v) is 10.9. The maximum atomic E-state index is 13.5. The van der Waals surface area contributed by atoms with Crippen molar-refractivity contribution in [3.8, 4) is 11.5 Å². The van der Waals surface area contributed by atoms with E-state index < -0.39 is 10.0 Å². The summed E-state index contributed by atoms with van der Waals surface area (Å²) in [5.41, 5.74) is 3.06. The Morgan fingerprint density at radius 2 is 1.82 bits per heavy atom. The van der Waals surface area contributed by atoms with E-state index in [9.17, 15) is 13.2 Å². The van der Waals surface area contributed by atoms with Crippen molar-refractivity contribution in [1.82, 2.24) is 9.21 Å². The van der Waals surface area contributed by atoms with Crippen LogP contribution >= 0.6 is 11.3 Å². The van der Waals surface area contributed by atoms with E-state index in [1.807, 2.05) is 42.5 Å². The molecule has 0 spiro atoms. The summed E-state index contributed by atoms with van der Waals surface area (Å²) < 4.78 is 39.6. The van der Waals surface area contributed by atoms with Gasteiger partial charge in [0.1, 0.15) is 23.0 Å². The Morgan fingerprint density at radius 1 is 1.06 bits per heavy atom. The van der Waals surface area contributed by atoms with E-state index >= 15 is 0 Å². The third kappa shape index (κ3) is 4.23. The van der Waals surface area contributed by atoms with Crippen LogP contribution in [0.25, 0.3) is 0 Å². The first-order valence-electron chi connectivity index (χ1n) is 10.7. The van der Waals surface area contributed by atoms with E-state index in [0.29, 0.717) is 50.8 Å². The summed E-state index contributed by atoms with van der Waals surface area (Å²) in [4.78, 5) is 15.1. The molecule has 3 aromatic rings. The Bertz CT molecular complexity index is 1300. The van der Waals surface area contributed by atoms with Crippen LogP contribution in [0.2, 0.25) is 0 Å². The van der Waals surface area contributed by atoms with Crippen molar-refractivity contribution >= 4 is 27.3 Å². The van der Waals surface area contributed by atoms with Crippen molar-refractivity contribution in [1.29, 1.82) is 0 Å². The zero-order chi connectivity index (χ0) is 23.0. The molecule has 5 rings (SSSR count). The van der Waals surface area contributed by atoms with Gasteiger partial charge in [-0.1, -0.05) is 30.3 Å². The smallest absolute Gasteiger partial charge is 0.265 e. The number of ether oxygens (including phenoxy) is 2. The number of hydrogen-bond acceptors (Lipinski definition) is 6. The van der Waals surface area contributed by atoms with Gasteiger partial charge in [0.15, 0.2) is 11.5 Å². The molecule has 2 aromatic carbocycles. The topological polar surface area (TPSA) is 76.1 Å². The molecule has 0 aliphatic carbocycles. The lowest BCUT2D eigenvalue weighted by Crippen LogP contribution is -2.37. The van der Waals surface area contributed by atoms with Gasteiger partial charge in [-0.25, -0.2) is 8.42 Å². The summed E-state index contributed by atoms with van der Waals surface area (Å²) in [5, 5.41) is 1.66. The lowest BCUT2D eigenvalue weighted by Gasteiger charge is -2.28. The van der Waals surface area contributed by atoms with Gasteiger partial charge in [0.25, 0.3) is 5.91 Å². The fourth-order valence-electron chi connectivity index (χ4n) is 4.18. The Hall–Kier alpha value is -2.88. The third-order valence-electron chi connectivity index (χ3n) is 5.91. The molecule has 2 aliphatic heterocycles. The highest BCUT2D eigenvalue weighted by Gasteiger charge is 2.33. The quantitative estimate of drug-likeness (QED) is 0.554. The minimum absolute atomic E-state index is 0.0749. The number of amides is 1. The fourth-order valence-corrected chi connectivity index (χ4v) is 6.98. The van der Waals surface area contributed by atoms with E-state index in [0.717, 1.165) is 22.5 Å². The number of fused-ring (bicyclic) bond motifs is 2. The molecule has 0 bridgehead atoms. The maximum absolute atomic E-state index is 13.5. The van der Waals surface area contributed by atoms with Gasteiger partial charge < -0.3 is 14.4 Å². The van der Waals surface area contributed by atoms with Crippen LogP contribution < -0.4 is 9.47 Å². The third-order valence-corrected chi connectivity index (χ3v) is 8.83. The Balaban J connectivity index is 1.35. The average molecular weight is 485 g/mol. The number of thiophene rings is 1. The van der Waals surface area contributed by atoms with Crippen molar-refractivity contribution in [2.45, 2.75) is 24.4 Å². The van der Waals surface area contributed by atoms with E-state index in [1.165, 1.54) is 20.8 Å². The summed E-state index contributed by atoms with van der Waals surface area (Å²) in [5.74, 6) is 1.02. The molecule has 2 aliphatic rings. The number of carbonyl (C=O) groups excluding carboxylic acids is 1. The molecule has 0 fully saturated rings. The number of carbonyl (C=O) groups is 1. The van der Waals surface area contributed by atoms with Crippen LogP contribution in [0.4, 0.5) is 0 Å². The molecule has 0 atom stereocenters. The first-order chi connectivity index (χ1) is 15.9. The Morgan fingerprint density at radius 3 is 2.64 bits per heavy atom. The average Bonchev–Trinajstić information content (AvgIpc) is 3.34. The Kier molecular flexibility index (Phi) is 5.86. The summed E-state index contributed by atoms with van der Waals surface area (Å²) in [6.45, 7) is 2.04. The fraction of sp³-hybridized carbons (Fsp3) is 0.292. The number of nitrogens with zero attached hydrogens (tertiary/aromatic N) is 2. The van der Waals surface area contributed by atoms with Crippen LogP contribution in [0.1, 0.15) is 26.4 Å². The predicted octanol–water partition coefficient (Wildman–Crippen LogP) is 3.54. The van der Waals surface area contributed by atoms with Gasteiger partial charge in [-0.15, -0.1) is 11.3 Å². The monoisotopic (exact) mass is 484 g/mol. The van der Waals surface area contributed by atoms with Crippen molar-refractivity contribution in [3.63, 3.8) is 0 Å². The molecule has 1 amide bonds. The normalized spacial score (nSPS) is 15.7. The van der Waals surface area contributed by atoms with Crippen LogP contribution in [-0.4, -0.2) is 50.3 Å². The van der Waals surface area contributed by atoms with Gasteiger partial charge in [-0.05, 0) is 46.7 Å². The zero-order valence-corrected chi connectivity index (χ0v) is 19.8. The summed E-state index contributed by atoms with van der Waals surface area (Å²) in [6.07, 6.45) is 0.660. The van der Waals surface area contributed by atoms with Gasteiger partial charge in [-0.2, -0.15) is 4.31 Å². The van der Waals surface area contributed by atoms with E-state index in [-0.39, 0.29) is 15.7 Å². The highest BCUT2D eigenvalue weighted by Crippen LogP contribution is 2.32. The highest BCUT2D eigenvalue weighted by atomic mass is 32.2. The molecular weight excluding hydrogens is 460 g/mol. The largest absolute Gasteiger partial charge is 0.486 e. The van der Waals surface area contributed by atoms with Crippen LogP contribution in [0.3, 0.4) is 0 Å². The van der Waals surface area contributed by atoms with Crippen molar-refractivity contribution < 1.29 is 22.7 Å². The first kappa shape index (κ1) is 21.9. The molecule has 3 heterocycles. The molecule has 7 nitrogen and oxygen atoms in total. The van der Waals surface area contributed by atoms with E-state index in [1.54, 1.807) is 12.4 Å². The molecule has 0 radical (unpaired) electrons. The summed E-state index contributed by atoms with van der Waals surface area (Å²) in [7, 11) is -2.12. The van der Waals surface area contributed by atoms with E-state index in [4.69, 9.17) is 9.47 Å². The van der Waals surface area contributed by atoms with Crippen LogP contribution in [0.15, 0.2) is 58.8 Å². The van der Waals surface area contributed by atoms with Gasteiger partial charge in [0.05, 0.1) is 0 Å². The minimum atomic E-state index is -3.80. The lowest BCUT2D eigenvalue weighted by atomic mass is 10.0. The van der Waals surface area contributed by atoms with Crippen molar-refractivity contribution in [2.24, 2.45) is 0 Å². The molecule has 33 heavy (non-hydrogen) atoms. The molecule has 0 unspecified atom stereocenters. The SMILES string of the molecule is CN(Cc1ccc2c(c1)OCCO2)C(=O)c1sccc1S(=O)(=O)N1CCc2ccccc2C1. The molecule has 0 N–H and O–H groups in total. The van der Waals surface area contributed by atoms with Crippen LogP contribution in [-0.2, 0) is 29.5 Å². The number of sulfonamides is 1. The van der Waals surface area contributed by atoms with E-state index in [2.05, 4.69) is 0 Å².